The molecule has 4 N–H and O–H groups in total. The number of carbonyl (C=O) groups excluding carboxylic acids is 1. The molecule has 33 heavy (non-hydrogen) atoms. The fourth-order valence-corrected chi connectivity index (χ4v) is 4.36. The van der Waals surface area contributed by atoms with E-state index in [-0.39, 0.29) is 6.61 Å². The van der Waals surface area contributed by atoms with E-state index >= 15 is 0 Å². The second-order valence-electron chi connectivity index (χ2n) is 9.97. The van der Waals surface area contributed by atoms with Crippen molar-refractivity contribution >= 4 is 5.91 Å². The van der Waals surface area contributed by atoms with Crippen LogP contribution in [0.4, 0.5) is 0 Å². The lowest BCUT2D eigenvalue weighted by molar-refractivity contribution is -0.131. The number of amides is 1. The lowest BCUT2D eigenvalue weighted by atomic mass is 10.0. The summed E-state index contributed by atoms with van der Waals surface area (Å²) in [7, 11) is 0. The molecule has 3 unspecified atom stereocenters. The van der Waals surface area contributed by atoms with Crippen LogP contribution in [-0.4, -0.2) is 46.1 Å². The summed E-state index contributed by atoms with van der Waals surface area (Å²) < 4.78 is 0. The van der Waals surface area contributed by atoms with Crippen LogP contribution in [0.3, 0.4) is 0 Å². The Hall–Kier alpha value is -0.650. The Labute approximate surface area is 205 Å². The zero-order valence-corrected chi connectivity index (χ0v) is 22.0. The van der Waals surface area contributed by atoms with Gasteiger partial charge in [0.05, 0.1) is 18.8 Å². The van der Waals surface area contributed by atoms with Crippen LogP contribution in [0.5, 0.6) is 0 Å². The highest BCUT2D eigenvalue weighted by atomic mass is 16.3. The second-order valence-corrected chi connectivity index (χ2v) is 9.97. The Morgan fingerprint density at radius 3 is 1.36 bits per heavy atom. The van der Waals surface area contributed by atoms with Gasteiger partial charge in [-0.2, -0.15) is 0 Å². The minimum Gasteiger partial charge on any atom is -0.394 e. The van der Waals surface area contributed by atoms with E-state index in [9.17, 15) is 20.1 Å². The molecule has 0 aliphatic rings. The minimum absolute atomic E-state index is 0.310. The Kier molecular flexibility index (Phi) is 24.0. The summed E-state index contributed by atoms with van der Waals surface area (Å²) in [6.07, 6.45) is 22.2. The molecule has 0 fully saturated rings. The van der Waals surface area contributed by atoms with E-state index in [0.29, 0.717) is 12.8 Å². The molecule has 1 amide bonds. The van der Waals surface area contributed by atoms with Gasteiger partial charge in [-0.25, -0.2) is 0 Å². The van der Waals surface area contributed by atoms with Crippen LogP contribution in [-0.2, 0) is 4.79 Å². The zero-order valence-electron chi connectivity index (χ0n) is 22.0. The average molecular weight is 472 g/mol. The van der Waals surface area contributed by atoms with Crippen LogP contribution >= 0.6 is 0 Å². The van der Waals surface area contributed by atoms with Gasteiger partial charge in [0.1, 0.15) is 6.10 Å². The van der Waals surface area contributed by atoms with Crippen molar-refractivity contribution in [1.82, 2.24) is 5.32 Å². The van der Waals surface area contributed by atoms with E-state index in [1.54, 1.807) is 0 Å². The van der Waals surface area contributed by atoms with E-state index in [4.69, 9.17) is 0 Å². The predicted octanol–water partition coefficient (Wildman–Crippen LogP) is 6.42. The maximum absolute atomic E-state index is 12.2. The highest BCUT2D eigenvalue weighted by Gasteiger charge is 2.23. The monoisotopic (exact) mass is 471 g/mol. The first-order valence-corrected chi connectivity index (χ1v) is 14.3. The van der Waals surface area contributed by atoms with Crippen LogP contribution in [0.15, 0.2) is 0 Å². The smallest absolute Gasteiger partial charge is 0.249 e. The molecule has 198 valence electrons. The van der Waals surface area contributed by atoms with Crippen molar-refractivity contribution in [2.75, 3.05) is 6.61 Å². The van der Waals surface area contributed by atoms with Crippen LogP contribution in [0.2, 0.25) is 0 Å². The van der Waals surface area contributed by atoms with Gasteiger partial charge in [0, 0.05) is 0 Å². The Morgan fingerprint density at radius 2 is 0.970 bits per heavy atom. The molecule has 0 aliphatic heterocycles. The lowest BCUT2D eigenvalue weighted by Crippen LogP contribution is -2.49. The van der Waals surface area contributed by atoms with Crippen LogP contribution in [0, 0.1) is 0 Å². The molecule has 0 saturated carbocycles. The molecule has 0 heterocycles. The number of aliphatic hydroxyl groups excluding tert-OH is 3. The van der Waals surface area contributed by atoms with E-state index in [0.717, 1.165) is 32.1 Å². The molecular formula is C28H57NO4. The number of hydrogen-bond donors (Lipinski definition) is 4. The third-order valence-electron chi connectivity index (χ3n) is 6.73. The first-order chi connectivity index (χ1) is 16.1. The largest absolute Gasteiger partial charge is 0.394 e. The lowest BCUT2D eigenvalue weighted by Gasteiger charge is -2.23. The van der Waals surface area contributed by atoms with Gasteiger partial charge in [0.2, 0.25) is 5.91 Å². The van der Waals surface area contributed by atoms with Crippen molar-refractivity contribution < 1.29 is 20.1 Å². The van der Waals surface area contributed by atoms with Crippen molar-refractivity contribution in [2.24, 2.45) is 0 Å². The Balaban J connectivity index is 3.78. The second kappa shape index (κ2) is 24.5. The molecule has 5 heteroatoms. The molecule has 0 aromatic heterocycles. The topological polar surface area (TPSA) is 89.8 Å². The molecular weight excluding hydrogens is 414 g/mol. The Bertz CT molecular complexity index is 419. The van der Waals surface area contributed by atoms with Gasteiger partial charge >= 0.3 is 0 Å². The Morgan fingerprint density at radius 1 is 0.606 bits per heavy atom. The summed E-state index contributed by atoms with van der Waals surface area (Å²) >= 11 is 0. The van der Waals surface area contributed by atoms with Crippen molar-refractivity contribution in [2.45, 2.75) is 167 Å². The summed E-state index contributed by atoms with van der Waals surface area (Å²) in [6, 6.07) is -0.700. The van der Waals surface area contributed by atoms with Crippen LogP contribution in [0.25, 0.3) is 0 Å². The molecule has 5 nitrogen and oxygen atoms in total. The van der Waals surface area contributed by atoms with Gasteiger partial charge in [0.25, 0.3) is 0 Å². The average Bonchev–Trinajstić information content (AvgIpc) is 2.82. The fourth-order valence-electron chi connectivity index (χ4n) is 4.36. The van der Waals surface area contributed by atoms with Crippen molar-refractivity contribution in [1.29, 1.82) is 0 Å². The summed E-state index contributed by atoms with van der Waals surface area (Å²) in [5, 5.41) is 32.7. The maximum Gasteiger partial charge on any atom is 0.249 e. The standard InChI is InChI=1S/C28H57NO4/c1-3-5-7-9-11-13-15-16-18-20-22-26(31)25(24-30)29-28(33)27(32)23-21-19-17-14-12-10-8-6-4-2/h25-27,30-32H,3-24H2,1-2H3,(H,29,33). The van der Waals surface area contributed by atoms with E-state index in [1.165, 1.54) is 89.9 Å². The highest BCUT2D eigenvalue weighted by molar-refractivity contribution is 5.80. The summed E-state index contributed by atoms with van der Waals surface area (Å²) in [4.78, 5) is 12.2. The minimum atomic E-state index is -1.06. The van der Waals surface area contributed by atoms with Crippen molar-refractivity contribution in [3.63, 3.8) is 0 Å². The number of hydrogen-bond acceptors (Lipinski definition) is 4. The molecule has 0 aliphatic carbocycles. The quantitative estimate of drug-likeness (QED) is 0.116. The first-order valence-electron chi connectivity index (χ1n) is 14.3. The molecule has 0 bridgehead atoms. The number of unbranched alkanes of at least 4 members (excludes halogenated alkanes) is 17. The van der Waals surface area contributed by atoms with Crippen molar-refractivity contribution in [3.8, 4) is 0 Å². The number of nitrogens with one attached hydrogen (secondary N) is 1. The SMILES string of the molecule is CCCCCCCCCCCCC(O)C(CO)NC(=O)C(O)CCCCCCCCCCC. The number of aliphatic hydroxyl groups is 3. The van der Waals surface area contributed by atoms with E-state index < -0.39 is 24.2 Å². The van der Waals surface area contributed by atoms with Gasteiger partial charge in [-0.05, 0) is 12.8 Å². The maximum atomic E-state index is 12.2. The molecule has 3 atom stereocenters. The summed E-state index contributed by atoms with van der Waals surface area (Å²) in [6.45, 7) is 4.15. The number of rotatable bonds is 25. The zero-order chi connectivity index (χ0) is 24.6. The molecule has 0 rings (SSSR count). The van der Waals surface area contributed by atoms with Gasteiger partial charge in [-0.1, -0.05) is 136 Å². The van der Waals surface area contributed by atoms with E-state index in [2.05, 4.69) is 19.2 Å². The predicted molar refractivity (Wildman–Crippen MR) is 139 cm³/mol. The normalized spacial score (nSPS) is 14.2. The molecule has 0 radical (unpaired) electrons. The van der Waals surface area contributed by atoms with Crippen LogP contribution in [0.1, 0.15) is 149 Å². The number of carbonyl (C=O) groups is 1. The van der Waals surface area contributed by atoms with Gasteiger partial charge in [-0.15, -0.1) is 0 Å². The molecule has 0 aromatic carbocycles. The summed E-state index contributed by atoms with van der Waals surface area (Å²) in [5.41, 5.74) is 0. The molecule has 0 aromatic rings. The summed E-state index contributed by atoms with van der Waals surface area (Å²) in [5.74, 6) is -0.476. The van der Waals surface area contributed by atoms with Crippen LogP contribution < -0.4 is 5.32 Å². The van der Waals surface area contributed by atoms with Gasteiger partial charge < -0.3 is 20.6 Å². The van der Waals surface area contributed by atoms with Gasteiger partial charge in [-0.3, -0.25) is 4.79 Å². The highest BCUT2D eigenvalue weighted by Crippen LogP contribution is 2.14. The molecule has 0 spiro atoms. The van der Waals surface area contributed by atoms with Crippen molar-refractivity contribution in [3.05, 3.63) is 0 Å². The molecule has 0 saturated heterocycles. The third-order valence-corrected chi connectivity index (χ3v) is 6.73. The fraction of sp³-hybridized carbons (Fsp3) is 0.964. The third kappa shape index (κ3) is 20.4. The van der Waals surface area contributed by atoms with Gasteiger partial charge in [0.15, 0.2) is 0 Å². The van der Waals surface area contributed by atoms with E-state index in [1.807, 2.05) is 0 Å². The first kappa shape index (κ1) is 32.4.